The first-order valence-electron chi connectivity index (χ1n) is 44.6. The van der Waals surface area contributed by atoms with Crippen LogP contribution >= 0.6 is 0 Å². The maximum Gasteiger partial charge on any atom is 0.155 e. The van der Waals surface area contributed by atoms with Crippen LogP contribution in [0.5, 0.6) is 0 Å². The Morgan fingerprint density at radius 3 is 1.03 bits per heavy atom. The van der Waals surface area contributed by atoms with Gasteiger partial charge in [0.1, 0.15) is 11.5 Å². The first-order valence-corrected chi connectivity index (χ1v) is 44.6. The predicted molar refractivity (Wildman–Crippen MR) is 562 cm³/mol. The second-order valence-electron chi connectivity index (χ2n) is 31.2. The van der Waals surface area contributed by atoms with Crippen molar-refractivity contribution in [3.63, 3.8) is 0 Å². The van der Waals surface area contributed by atoms with Gasteiger partial charge in [-0.15, -0.1) is 180 Å². The fourth-order valence-electron chi connectivity index (χ4n) is 14.4. The van der Waals surface area contributed by atoms with Crippen molar-refractivity contribution in [1.82, 2.24) is 54.8 Å². The quantitative estimate of drug-likeness (QED) is 0.0497. The molecule has 0 bridgehead atoms. The van der Waals surface area contributed by atoms with Crippen LogP contribution < -0.4 is 0 Å². The summed E-state index contributed by atoms with van der Waals surface area (Å²) in [7, 11) is 0. The number of aromatic nitrogens is 11. The van der Waals surface area contributed by atoms with Crippen LogP contribution in [-0.4, -0.2) is 87.5 Å². The zero-order chi connectivity index (χ0) is 97.6. The number of aliphatic hydroxyl groups excluding tert-OH is 3. The van der Waals surface area contributed by atoms with Crippen LogP contribution in [0.1, 0.15) is 41.5 Å². The summed E-state index contributed by atoms with van der Waals surface area (Å²) in [6, 6.07) is 145. The Morgan fingerprint density at radius 1 is 0.262 bits per heavy atom. The summed E-state index contributed by atoms with van der Waals surface area (Å²) in [6.45, 7) is 8.54. The number of hydrogen-bond acceptors (Lipinski definition) is 18. The molecular weight excluding hydrogens is 2690 g/mol. The van der Waals surface area contributed by atoms with Crippen molar-refractivity contribution in [1.29, 1.82) is 0 Å². The summed E-state index contributed by atoms with van der Waals surface area (Å²) in [5.74, 6) is 0.435. The Morgan fingerprint density at radius 2 is 0.628 bits per heavy atom. The van der Waals surface area contributed by atoms with Gasteiger partial charge in [0.2, 0.25) is 0 Å². The van der Waals surface area contributed by atoms with Crippen molar-refractivity contribution >= 4 is 116 Å². The van der Waals surface area contributed by atoms with E-state index in [-0.39, 0.29) is 135 Å². The molecule has 0 saturated carbocycles. The maximum atomic E-state index is 10.0. The molecule has 0 aliphatic heterocycles. The Bertz CT molecular complexity index is 7780. The second-order valence-corrected chi connectivity index (χ2v) is 31.2. The monoisotopic (exact) mass is 2790 g/mol. The van der Waals surface area contributed by atoms with E-state index in [0.717, 1.165) is 150 Å². The molecule has 10 heterocycles. The molecule has 23 aromatic rings. The number of benzene rings is 13. The molecular formula is C122H92Ir5N11O7-7. The number of allylic oxidation sites excluding steroid dienone is 6. The molecule has 3 N–H and O–H groups in total. The standard InChI is InChI=1S/C19H12N.2C18H11N2.C15H10N.C14H9N2.C13H8NO.C10H7N2.3C5H8O2.5Ir/c1-2-8-14(9-3-1)19-17-12-5-4-10-15(17)16-11-6-7-13-18(16)20-19;2*1-2-9-16-13(5-1)10-11-17(20-16)15-8-3-6-14-7-4-12-19-18(14)15;1-2-6-12(7-3-1)15-11-10-13-8-4-5-9-14(13)16-15;1-2-4-13-11(3-1)5-6-14(16-13)12-7-9-15-10-8-12;1-2-6-10(7-3-1)13-14-11-8-4-5-9-12(11)15-13;1-2-4-9(5-3-1)10-8-11-6-7-12-10;3*1-4(6)3-5(2)7;;;;;/h1-8,10-13H;2*1-7,9-12H;1-6,8-11H;1-7,9-10H;1-6,8-9H;1-4,6-8H;3*3,6H,1-2H3;;;;;/q7*-1;;;;;;;;. The molecule has 5 radical (unpaired) electrons. The number of nitrogens with zero attached hydrogens (tertiary/aromatic N) is 11. The molecule has 13 aromatic carbocycles. The van der Waals surface area contributed by atoms with Gasteiger partial charge < -0.3 is 39.7 Å². The molecule has 0 spiro atoms. The number of oxazole rings is 1. The number of hydrogen-bond donors (Lipinski definition) is 3. The van der Waals surface area contributed by atoms with Crippen molar-refractivity contribution in [3.8, 4) is 79.0 Å². The zero-order valence-electron chi connectivity index (χ0n) is 79.1. The smallest absolute Gasteiger partial charge is 0.155 e. The van der Waals surface area contributed by atoms with Crippen LogP contribution in [0.3, 0.4) is 0 Å². The normalized spacial score (nSPS) is 10.4. The van der Waals surface area contributed by atoms with Gasteiger partial charge in [0.25, 0.3) is 0 Å². The molecule has 0 atom stereocenters. The van der Waals surface area contributed by atoms with E-state index in [1.807, 2.05) is 261 Å². The van der Waals surface area contributed by atoms with Crippen molar-refractivity contribution in [2.75, 3.05) is 0 Å². The number of aliphatic hydroxyl groups is 3. The SMILES string of the molecule is CC(=O)C=C(C)O.CC(=O)C=C(C)O.CC(=O)C=C(C)O.[Ir].[Ir].[Ir].[Ir].[Ir].[c-]1ccc2cccnc2c1-c1ccc2ccccc2n1.[c-]1ccc2cccnc2c1-c1ccc2ccccc2n1.[c-]1ccccc1-c1ccc2ccccc2n1.[c-]1ccccc1-c1cnccn1.[c-]1ccccc1-c1nc2ccccc2c2ccccc12.[c-]1ccccc1-c1nc2ccccc2o1.[c-]1cnccc1-c1ccc2ccccc2n1. The third-order valence-corrected chi connectivity index (χ3v) is 20.5. The van der Waals surface area contributed by atoms with Crippen LogP contribution in [0.2, 0.25) is 0 Å². The van der Waals surface area contributed by atoms with Gasteiger partial charge in [-0.05, 0) is 180 Å². The number of carbonyl (C=O) groups is 3. The third-order valence-electron chi connectivity index (χ3n) is 20.5. The molecule has 23 rings (SSSR count). The van der Waals surface area contributed by atoms with Gasteiger partial charge >= 0.3 is 0 Å². The molecule has 0 aliphatic carbocycles. The van der Waals surface area contributed by atoms with E-state index in [2.05, 4.69) is 192 Å². The minimum atomic E-state index is -0.125. The van der Waals surface area contributed by atoms with E-state index in [0.29, 0.717) is 5.89 Å². The molecule has 10 aromatic heterocycles. The largest absolute Gasteiger partial charge is 0.512 e. The van der Waals surface area contributed by atoms with Gasteiger partial charge in [-0.1, -0.05) is 216 Å². The molecule has 0 saturated heterocycles. The summed E-state index contributed by atoms with van der Waals surface area (Å²) in [4.78, 5) is 78.9. The van der Waals surface area contributed by atoms with Gasteiger partial charge in [-0.2, -0.15) is 11.6 Å². The third kappa shape index (κ3) is 33.6. The minimum absolute atomic E-state index is 0. The molecule has 0 unspecified atom stereocenters. The molecule has 0 aliphatic rings. The van der Waals surface area contributed by atoms with E-state index in [1.54, 1.807) is 43.4 Å². The minimum Gasteiger partial charge on any atom is -0.512 e. The Balaban J connectivity index is 0.000000182. The first-order chi connectivity index (χ1) is 68.4. The number of para-hydroxylation sites is 7. The Labute approximate surface area is 908 Å². The number of carbonyl (C=O) groups excluding carboxylic acids is 3. The van der Waals surface area contributed by atoms with Crippen LogP contribution in [0.15, 0.2) is 453 Å². The number of fused-ring (bicyclic) bond motifs is 10. The Kier molecular flexibility index (Phi) is 45.9. The fourth-order valence-corrected chi connectivity index (χ4v) is 14.4. The van der Waals surface area contributed by atoms with Gasteiger partial charge in [-0.25, -0.2) is 0 Å². The molecule has 0 fully saturated rings. The van der Waals surface area contributed by atoms with Crippen LogP contribution in [-0.2, 0) is 115 Å². The van der Waals surface area contributed by atoms with Gasteiger partial charge in [0, 0.05) is 161 Å². The van der Waals surface area contributed by atoms with Gasteiger partial charge in [0.05, 0.1) is 50.4 Å². The maximum absolute atomic E-state index is 10.0. The zero-order valence-corrected chi connectivity index (χ0v) is 91.0. The first kappa shape index (κ1) is 113. The summed E-state index contributed by atoms with van der Waals surface area (Å²) in [5, 5.41) is 35.5. The average Bonchev–Trinajstić information content (AvgIpc) is 0.973. The average molecular weight is 2790 g/mol. The van der Waals surface area contributed by atoms with E-state index < -0.39 is 0 Å². The van der Waals surface area contributed by atoms with Crippen LogP contribution in [0.25, 0.3) is 177 Å². The van der Waals surface area contributed by atoms with Gasteiger partial charge in [-0.3, -0.25) is 49.3 Å². The number of rotatable bonds is 10. The summed E-state index contributed by atoms with van der Waals surface area (Å²) in [5.41, 5.74) is 21.0. The fraction of sp³-hybridized carbons (Fsp3) is 0.0492. The summed E-state index contributed by atoms with van der Waals surface area (Å²) in [6.07, 6.45) is 15.6. The molecule has 23 heteroatoms. The van der Waals surface area contributed by atoms with Gasteiger partial charge in [0.15, 0.2) is 17.3 Å². The molecule has 729 valence electrons. The van der Waals surface area contributed by atoms with E-state index in [1.165, 1.54) is 81.3 Å². The van der Waals surface area contributed by atoms with Crippen molar-refractivity contribution in [2.24, 2.45) is 0 Å². The van der Waals surface area contributed by atoms with Crippen molar-refractivity contribution < 1.29 is 135 Å². The van der Waals surface area contributed by atoms with Crippen molar-refractivity contribution in [2.45, 2.75) is 41.5 Å². The molecule has 0 amide bonds. The predicted octanol–water partition coefficient (Wildman–Crippen LogP) is 28.5. The second kappa shape index (κ2) is 58.8. The summed E-state index contributed by atoms with van der Waals surface area (Å²) >= 11 is 0. The van der Waals surface area contributed by atoms with E-state index >= 15 is 0 Å². The van der Waals surface area contributed by atoms with Crippen LogP contribution in [0, 0.1) is 42.5 Å². The molecule has 145 heavy (non-hydrogen) atoms. The van der Waals surface area contributed by atoms with E-state index in [4.69, 9.17) is 34.7 Å². The number of pyridine rings is 8. The van der Waals surface area contributed by atoms with Crippen molar-refractivity contribution in [3.05, 3.63) is 491 Å². The topological polar surface area (TPSA) is 267 Å². The molecule has 18 nitrogen and oxygen atoms in total. The van der Waals surface area contributed by atoms with E-state index in [9.17, 15) is 14.4 Å². The Hall–Kier alpha value is -15.4. The van der Waals surface area contributed by atoms with Crippen LogP contribution in [0.4, 0.5) is 0 Å². The summed E-state index contributed by atoms with van der Waals surface area (Å²) < 4.78 is 5.61. The number of ketones is 3.